The molecule has 3 aromatic rings. The Hall–Kier alpha value is -3.05. The van der Waals surface area contributed by atoms with Crippen molar-refractivity contribution < 1.29 is 13.9 Å². The quantitative estimate of drug-likeness (QED) is 0.586. The highest BCUT2D eigenvalue weighted by molar-refractivity contribution is 6.04. The van der Waals surface area contributed by atoms with Crippen molar-refractivity contribution in [2.24, 2.45) is 0 Å². The van der Waals surface area contributed by atoms with Crippen LogP contribution < -0.4 is 9.64 Å². The van der Waals surface area contributed by atoms with Gasteiger partial charge in [-0.3, -0.25) is 9.69 Å². The van der Waals surface area contributed by atoms with Gasteiger partial charge in [0.05, 0.1) is 13.4 Å². The highest BCUT2D eigenvalue weighted by Gasteiger charge is 2.31. The number of aryl methyl sites for hydroxylation is 1. The predicted octanol–water partition coefficient (Wildman–Crippen LogP) is 4.91. The summed E-state index contributed by atoms with van der Waals surface area (Å²) in [6.07, 6.45) is 3.39. The second-order valence-electron chi connectivity index (χ2n) is 7.85. The average molecular weight is 405 g/mol. The molecule has 0 atom stereocenters. The number of ether oxygens (including phenoxy) is 1. The lowest BCUT2D eigenvalue weighted by molar-refractivity contribution is 0.0931. The van der Waals surface area contributed by atoms with E-state index in [-0.39, 0.29) is 11.9 Å². The Labute approximate surface area is 177 Å². The van der Waals surface area contributed by atoms with Crippen LogP contribution in [0.15, 0.2) is 71.3 Å². The van der Waals surface area contributed by atoms with E-state index >= 15 is 0 Å². The molecule has 2 heterocycles. The minimum absolute atomic E-state index is 0.0740. The number of hydrogen-bond donors (Lipinski definition) is 0. The van der Waals surface area contributed by atoms with Gasteiger partial charge in [0.2, 0.25) is 0 Å². The van der Waals surface area contributed by atoms with Crippen molar-refractivity contribution in [3.8, 4) is 5.75 Å². The van der Waals surface area contributed by atoms with Gasteiger partial charge in [0.25, 0.3) is 5.91 Å². The van der Waals surface area contributed by atoms with E-state index in [1.807, 2.05) is 29.2 Å². The SMILES string of the molecule is COc1cccc(CN2CCC(N(C(=O)c3ccco3)c3ccc(C)cc3)CC2)c1. The molecule has 1 aliphatic rings. The van der Waals surface area contributed by atoms with Gasteiger partial charge < -0.3 is 14.1 Å². The minimum atomic E-state index is -0.0740. The van der Waals surface area contributed by atoms with Crippen molar-refractivity contribution in [2.75, 3.05) is 25.1 Å². The summed E-state index contributed by atoms with van der Waals surface area (Å²) >= 11 is 0. The zero-order valence-electron chi connectivity index (χ0n) is 17.6. The normalized spacial score (nSPS) is 15.1. The third-order valence-electron chi connectivity index (χ3n) is 5.73. The molecule has 30 heavy (non-hydrogen) atoms. The van der Waals surface area contributed by atoms with Crippen LogP contribution in [0.4, 0.5) is 5.69 Å². The third-order valence-corrected chi connectivity index (χ3v) is 5.73. The largest absolute Gasteiger partial charge is 0.497 e. The molecule has 156 valence electrons. The van der Waals surface area contributed by atoms with E-state index in [1.54, 1.807) is 25.5 Å². The maximum atomic E-state index is 13.2. The molecule has 4 rings (SSSR count). The number of furan rings is 1. The van der Waals surface area contributed by atoms with Crippen molar-refractivity contribution >= 4 is 11.6 Å². The first kappa shape index (κ1) is 20.2. The van der Waals surface area contributed by atoms with Gasteiger partial charge in [-0.15, -0.1) is 0 Å². The highest BCUT2D eigenvalue weighted by Crippen LogP contribution is 2.27. The fourth-order valence-corrected chi connectivity index (χ4v) is 4.08. The van der Waals surface area contributed by atoms with Crippen LogP contribution in [-0.4, -0.2) is 37.0 Å². The summed E-state index contributed by atoms with van der Waals surface area (Å²) in [5.41, 5.74) is 3.35. The topological polar surface area (TPSA) is 45.9 Å². The van der Waals surface area contributed by atoms with Crippen molar-refractivity contribution in [2.45, 2.75) is 32.4 Å². The van der Waals surface area contributed by atoms with Gasteiger partial charge in [0, 0.05) is 31.4 Å². The molecule has 1 saturated heterocycles. The van der Waals surface area contributed by atoms with Crippen LogP contribution in [0.1, 0.15) is 34.5 Å². The number of methoxy groups -OCH3 is 1. The van der Waals surface area contributed by atoms with E-state index in [4.69, 9.17) is 9.15 Å². The Morgan fingerprint density at radius 1 is 1.10 bits per heavy atom. The molecule has 0 unspecified atom stereocenters. The predicted molar refractivity (Wildman–Crippen MR) is 118 cm³/mol. The van der Waals surface area contributed by atoms with Gasteiger partial charge in [0.1, 0.15) is 5.75 Å². The summed E-state index contributed by atoms with van der Waals surface area (Å²) in [5, 5.41) is 0. The van der Waals surface area contributed by atoms with Crippen LogP contribution in [0.25, 0.3) is 0 Å². The fourth-order valence-electron chi connectivity index (χ4n) is 4.08. The maximum Gasteiger partial charge on any atom is 0.294 e. The molecule has 0 spiro atoms. The van der Waals surface area contributed by atoms with Crippen LogP contribution in [-0.2, 0) is 6.54 Å². The number of carbonyl (C=O) groups is 1. The Morgan fingerprint density at radius 2 is 1.87 bits per heavy atom. The van der Waals surface area contributed by atoms with Crippen LogP contribution >= 0.6 is 0 Å². The molecular formula is C25H28N2O3. The lowest BCUT2D eigenvalue weighted by Gasteiger charge is -2.38. The molecule has 0 radical (unpaired) electrons. The summed E-state index contributed by atoms with van der Waals surface area (Å²) in [6.45, 7) is 4.82. The van der Waals surface area contributed by atoms with Gasteiger partial charge in [-0.05, 0) is 61.7 Å². The first-order valence-corrected chi connectivity index (χ1v) is 10.4. The van der Waals surface area contributed by atoms with E-state index in [0.29, 0.717) is 5.76 Å². The number of likely N-dealkylation sites (tertiary alicyclic amines) is 1. The van der Waals surface area contributed by atoms with Crippen molar-refractivity contribution in [3.63, 3.8) is 0 Å². The second-order valence-corrected chi connectivity index (χ2v) is 7.85. The number of hydrogen-bond acceptors (Lipinski definition) is 4. The number of nitrogens with zero attached hydrogens (tertiary/aromatic N) is 2. The summed E-state index contributed by atoms with van der Waals surface area (Å²) in [7, 11) is 1.69. The number of anilines is 1. The molecule has 1 amide bonds. The molecule has 2 aromatic carbocycles. The van der Waals surface area contributed by atoms with Gasteiger partial charge in [-0.2, -0.15) is 0 Å². The lowest BCUT2D eigenvalue weighted by atomic mass is 10.0. The van der Waals surface area contributed by atoms with Crippen LogP contribution in [0, 0.1) is 6.92 Å². The van der Waals surface area contributed by atoms with Crippen LogP contribution in [0.2, 0.25) is 0 Å². The molecule has 5 nitrogen and oxygen atoms in total. The van der Waals surface area contributed by atoms with Gasteiger partial charge in [-0.1, -0.05) is 29.8 Å². The Morgan fingerprint density at radius 3 is 2.53 bits per heavy atom. The van der Waals surface area contributed by atoms with E-state index in [1.165, 1.54) is 11.1 Å². The van der Waals surface area contributed by atoms with Gasteiger partial charge >= 0.3 is 0 Å². The smallest absolute Gasteiger partial charge is 0.294 e. The first-order valence-electron chi connectivity index (χ1n) is 10.4. The van der Waals surface area contributed by atoms with E-state index in [0.717, 1.165) is 43.9 Å². The summed E-state index contributed by atoms with van der Waals surface area (Å²) in [6, 6.07) is 20.0. The number of rotatable bonds is 6. The number of benzene rings is 2. The lowest BCUT2D eigenvalue weighted by Crippen LogP contribution is -2.47. The number of carbonyl (C=O) groups excluding carboxylic acids is 1. The standard InChI is InChI=1S/C25H28N2O3/c1-19-8-10-21(11-9-19)27(25(28)24-7-4-16-30-24)22-12-14-26(15-13-22)18-20-5-3-6-23(17-20)29-2/h3-11,16-17,22H,12-15,18H2,1-2H3. The summed E-state index contributed by atoms with van der Waals surface area (Å²) in [4.78, 5) is 17.6. The fraction of sp³-hybridized carbons (Fsp3) is 0.320. The molecule has 5 heteroatoms. The Bertz CT molecular complexity index is 958. The highest BCUT2D eigenvalue weighted by atomic mass is 16.5. The average Bonchev–Trinajstić information content (AvgIpc) is 3.31. The van der Waals surface area contributed by atoms with E-state index < -0.39 is 0 Å². The molecule has 1 aromatic heterocycles. The zero-order chi connectivity index (χ0) is 20.9. The Kier molecular flexibility index (Phi) is 6.19. The molecule has 0 saturated carbocycles. The van der Waals surface area contributed by atoms with Crippen LogP contribution in [0.3, 0.4) is 0 Å². The van der Waals surface area contributed by atoms with Crippen molar-refractivity contribution in [1.82, 2.24) is 4.90 Å². The number of piperidine rings is 1. The minimum Gasteiger partial charge on any atom is -0.497 e. The van der Waals surface area contributed by atoms with Gasteiger partial charge in [-0.25, -0.2) is 0 Å². The van der Waals surface area contributed by atoms with Gasteiger partial charge in [0.15, 0.2) is 5.76 Å². The molecule has 0 bridgehead atoms. The second kappa shape index (κ2) is 9.18. The zero-order valence-corrected chi connectivity index (χ0v) is 17.6. The van der Waals surface area contributed by atoms with Crippen molar-refractivity contribution in [1.29, 1.82) is 0 Å². The number of amides is 1. The maximum absolute atomic E-state index is 13.2. The molecular weight excluding hydrogens is 376 g/mol. The van der Waals surface area contributed by atoms with Crippen LogP contribution in [0.5, 0.6) is 5.75 Å². The third kappa shape index (κ3) is 4.57. The van der Waals surface area contributed by atoms with E-state index in [9.17, 15) is 4.79 Å². The Balaban J connectivity index is 1.47. The first-order chi connectivity index (χ1) is 14.6. The van der Waals surface area contributed by atoms with E-state index in [2.05, 4.69) is 36.1 Å². The monoisotopic (exact) mass is 404 g/mol. The molecule has 1 aliphatic heterocycles. The summed E-state index contributed by atoms with van der Waals surface area (Å²) < 4.78 is 10.8. The van der Waals surface area contributed by atoms with Crippen molar-refractivity contribution in [3.05, 3.63) is 83.8 Å². The molecule has 0 N–H and O–H groups in total. The molecule has 0 aliphatic carbocycles. The molecule has 1 fully saturated rings. The summed E-state index contributed by atoms with van der Waals surface area (Å²) in [5.74, 6) is 1.20.